The zero-order chi connectivity index (χ0) is 18.1. The number of ether oxygens (including phenoxy) is 2. The third-order valence-corrected chi connectivity index (χ3v) is 5.51. The normalized spacial score (nSPS) is 13.3. The Kier molecular flexibility index (Phi) is 4.89. The zero-order valence-electron chi connectivity index (χ0n) is 14.5. The van der Waals surface area contributed by atoms with Crippen LogP contribution in [0.5, 0.6) is 5.75 Å². The van der Waals surface area contributed by atoms with Gasteiger partial charge in [0.2, 0.25) is 0 Å². The number of rotatable bonds is 4. The zero-order valence-corrected chi connectivity index (χ0v) is 16.1. The maximum atomic E-state index is 6.24. The van der Waals surface area contributed by atoms with Gasteiger partial charge in [0, 0.05) is 34.5 Å². The molecule has 134 valence electrons. The van der Waals surface area contributed by atoms with Crippen LogP contribution in [-0.2, 0) is 24.1 Å². The predicted molar refractivity (Wildman–Crippen MR) is 102 cm³/mol. The van der Waals surface area contributed by atoms with E-state index in [1.165, 1.54) is 5.56 Å². The Balaban J connectivity index is 1.57. The molecule has 26 heavy (non-hydrogen) atoms. The van der Waals surface area contributed by atoms with Crippen molar-refractivity contribution in [3.63, 3.8) is 0 Å². The Labute approximate surface area is 161 Å². The standard InChI is InChI=1S/C19H18ClN3O2S/c1-12-4-3-5-13(6-12)18-21-22-19(23(18)2)26-10-15-8-16(20)7-14-9-24-11-25-17(14)15/h3-8H,9-11H2,1-2H3. The molecule has 0 aliphatic carbocycles. The molecule has 0 atom stereocenters. The molecule has 1 aliphatic heterocycles. The van der Waals surface area contributed by atoms with Crippen molar-refractivity contribution in [2.45, 2.75) is 24.4 Å². The first kappa shape index (κ1) is 17.4. The van der Waals surface area contributed by atoms with E-state index in [0.717, 1.165) is 33.4 Å². The van der Waals surface area contributed by atoms with Gasteiger partial charge in [-0.15, -0.1) is 10.2 Å². The number of thioether (sulfide) groups is 1. The summed E-state index contributed by atoms with van der Waals surface area (Å²) in [5.74, 6) is 2.42. The molecule has 2 aromatic carbocycles. The fourth-order valence-electron chi connectivity index (χ4n) is 2.98. The summed E-state index contributed by atoms with van der Waals surface area (Å²) in [6, 6.07) is 12.1. The third kappa shape index (κ3) is 3.45. The molecule has 0 saturated carbocycles. The maximum Gasteiger partial charge on any atom is 0.191 e. The fourth-order valence-corrected chi connectivity index (χ4v) is 4.12. The van der Waals surface area contributed by atoms with Gasteiger partial charge < -0.3 is 14.0 Å². The second-order valence-corrected chi connectivity index (χ2v) is 7.57. The highest BCUT2D eigenvalue weighted by molar-refractivity contribution is 7.98. The lowest BCUT2D eigenvalue weighted by Crippen LogP contribution is -2.13. The van der Waals surface area contributed by atoms with Crippen LogP contribution in [0.3, 0.4) is 0 Å². The van der Waals surface area contributed by atoms with Crippen LogP contribution in [0.4, 0.5) is 0 Å². The minimum absolute atomic E-state index is 0.272. The summed E-state index contributed by atoms with van der Waals surface area (Å²) in [6.45, 7) is 2.87. The molecule has 0 saturated heterocycles. The summed E-state index contributed by atoms with van der Waals surface area (Å²) < 4.78 is 13.0. The predicted octanol–water partition coefficient (Wildman–Crippen LogP) is 4.60. The van der Waals surface area contributed by atoms with E-state index in [2.05, 4.69) is 29.3 Å². The van der Waals surface area contributed by atoms with Crippen LogP contribution >= 0.6 is 23.4 Å². The van der Waals surface area contributed by atoms with Crippen molar-refractivity contribution < 1.29 is 9.47 Å². The molecule has 0 bridgehead atoms. The van der Waals surface area contributed by atoms with Crippen molar-refractivity contribution in [1.29, 1.82) is 0 Å². The molecule has 0 radical (unpaired) electrons. The summed E-state index contributed by atoms with van der Waals surface area (Å²) in [5.41, 5.74) is 4.29. The van der Waals surface area contributed by atoms with Gasteiger partial charge in [0.05, 0.1) is 6.61 Å². The Morgan fingerprint density at radius 2 is 2.12 bits per heavy atom. The van der Waals surface area contributed by atoms with Crippen molar-refractivity contribution in [3.05, 3.63) is 58.1 Å². The summed E-state index contributed by atoms with van der Waals surface area (Å²) in [4.78, 5) is 0. The number of aromatic nitrogens is 3. The van der Waals surface area contributed by atoms with Crippen molar-refractivity contribution in [2.75, 3.05) is 6.79 Å². The Hall–Kier alpha value is -2.02. The van der Waals surface area contributed by atoms with E-state index in [1.54, 1.807) is 11.8 Å². The number of benzene rings is 2. The highest BCUT2D eigenvalue weighted by Crippen LogP contribution is 2.35. The number of hydrogen-bond donors (Lipinski definition) is 0. The van der Waals surface area contributed by atoms with Gasteiger partial charge in [-0.05, 0) is 25.1 Å². The molecular formula is C19H18ClN3O2S. The van der Waals surface area contributed by atoms with Crippen LogP contribution in [0, 0.1) is 6.92 Å². The van der Waals surface area contributed by atoms with Crippen LogP contribution in [-0.4, -0.2) is 21.6 Å². The van der Waals surface area contributed by atoms with Gasteiger partial charge in [-0.1, -0.05) is 47.1 Å². The molecular weight excluding hydrogens is 370 g/mol. The molecule has 0 spiro atoms. The minimum atomic E-state index is 0.272. The number of nitrogens with zero attached hydrogens (tertiary/aromatic N) is 3. The van der Waals surface area contributed by atoms with E-state index in [-0.39, 0.29) is 6.79 Å². The topological polar surface area (TPSA) is 49.2 Å². The number of fused-ring (bicyclic) bond motifs is 1. The number of halogens is 1. The van der Waals surface area contributed by atoms with Gasteiger partial charge in [-0.3, -0.25) is 0 Å². The van der Waals surface area contributed by atoms with Crippen molar-refractivity contribution in [1.82, 2.24) is 14.8 Å². The monoisotopic (exact) mass is 387 g/mol. The Bertz CT molecular complexity index is 958. The average Bonchev–Trinajstić information content (AvgIpc) is 3.00. The minimum Gasteiger partial charge on any atom is -0.467 e. The first-order valence-electron chi connectivity index (χ1n) is 8.23. The maximum absolute atomic E-state index is 6.24. The lowest BCUT2D eigenvalue weighted by Gasteiger charge is -2.20. The molecule has 0 fully saturated rings. The summed E-state index contributed by atoms with van der Waals surface area (Å²) in [7, 11) is 1.98. The first-order chi connectivity index (χ1) is 12.6. The van der Waals surface area contributed by atoms with Crippen LogP contribution in [0.25, 0.3) is 11.4 Å². The summed E-state index contributed by atoms with van der Waals surface area (Å²) in [5, 5.41) is 10.2. The highest BCUT2D eigenvalue weighted by atomic mass is 35.5. The van der Waals surface area contributed by atoms with Gasteiger partial charge in [0.25, 0.3) is 0 Å². The molecule has 1 aromatic heterocycles. The molecule has 0 N–H and O–H groups in total. The van der Waals surface area contributed by atoms with E-state index in [9.17, 15) is 0 Å². The summed E-state index contributed by atoms with van der Waals surface area (Å²) in [6.07, 6.45) is 0. The van der Waals surface area contributed by atoms with E-state index >= 15 is 0 Å². The quantitative estimate of drug-likeness (QED) is 0.612. The smallest absolute Gasteiger partial charge is 0.191 e. The van der Waals surface area contributed by atoms with Crippen LogP contribution in [0.2, 0.25) is 5.02 Å². The second kappa shape index (κ2) is 7.31. The molecule has 0 amide bonds. The molecule has 0 unspecified atom stereocenters. The van der Waals surface area contributed by atoms with Gasteiger partial charge in [-0.2, -0.15) is 0 Å². The van der Waals surface area contributed by atoms with Crippen LogP contribution in [0.15, 0.2) is 41.6 Å². The fraction of sp³-hybridized carbons (Fsp3) is 0.263. The number of hydrogen-bond acceptors (Lipinski definition) is 5. The largest absolute Gasteiger partial charge is 0.467 e. The van der Waals surface area contributed by atoms with E-state index in [0.29, 0.717) is 17.4 Å². The lowest BCUT2D eigenvalue weighted by molar-refractivity contribution is -0.0168. The molecule has 1 aliphatic rings. The molecule has 5 nitrogen and oxygen atoms in total. The van der Waals surface area contributed by atoms with Gasteiger partial charge in [0.15, 0.2) is 17.8 Å². The molecule has 4 rings (SSSR count). The second-order valence-electron chi connectivity index (χ2n) is 6.19. The molecule has 7 heteroatoms. The Morgan fingerprint density at radius 3 is 2.96 bits per heavy atom. The van der Waals surface area contributed by atoms with Gasteiger partial charge >= 0.3 is 0 Å². The van der Waals surface area contributed by atoms with Crippen LogP contribution < -0.4 is 4.74 Å². The van der Waals surface area contributed by atoms with E-state index in [1.807, 2.05) is 35.9 Å². The SMILES string of the molecule is Cc1cccc(-c2nnc(SCc3cc(Cl)cc4c3OCOC4)n2C)c1. The average molecular weight is 388 g/mol. The van der Waals surface area contributed by atoms with Crippen molar-refractivity contribution in [2.24, 2.45) is 7.05 Å². The van der Waals surface area contributed by atoms with Gasteiger partial charge in [-0.25, -0.2) is 0 Å². The van der Waals surface area contributed by atoms with Crippen LogP contribution in [0.1, 0.15) is 16.7 Å². The summed E-state index contributed by atoms with van der Waals surface area (Å²) >= 11 is 7.85. The van der Waals surface area contributed by atoms with E-state index in [4.69, 9.17) is 21.1 Å². The lowest BCUT2D eigenvalue weighted by atomic mass is 10.1. The van der Waals surface area contributed by atoms with Gasteiger partial charge in [0.1, 0.15) is 5.75 Å². The molecule has 3 aromatic rings. The van der Waals surface area contributed by atoms with Crippen molar-refractivity contribution in [3.8, 4) is 17.1 Å². The highest BCUT2D eigenvalue weighted by Gasteiger charge is 2.18. The molecule has 2 heterocycles. The third-order valence-electron chi connectivity index (χ3n) is 4.22. The number of aryl methyl sites for hydroxylation is 1. The van der Waals surface area contributed by atoms with Crippen molar-refractivity contribution >= 4 is 23.4 Å². The van der Waals surface area contributed by atoms with E-state index < -0.39 is 0 Å². The first-order valence-corrected chi connectivity index (χ1v) is 9.59. The Morgan fingerprint density at radius 1 is 1.23 bits per heavy atom.